The molecule has 0 spiro atoms. The Kier molecular flexibility index (Phi) is 10.5. The maximum atomic E-state index is 2.47. The lowest BCUT2D eigenvalue weighted by Crippen LogP contribution is -2.26. The fraction of sp³-hybridized carbons (Fsp3) is 0.692. The number of nitrogens with zero attached hydrogens (tertiary/aromatic N) is 2. The summed E-state index contributed by atoms with van der Waals surface area (Å²) in [5, 5.41) is 0. The number of benzene rings is 1. The molecule has 2 nitrogen and oxygen atoms in total. The van der Waals surface area contributed by atoms with Crippen LogP contribution in [0.4, 0.5) is 5.69 Å². The van der Waals surface area contributed by atoms with E-state index in [1.54, 1.807) is 0 Å². The van der Waals surface area contributed by atoms with Crippen LogP contribution in [0.25, 0.3) is 0 Å². The van der Waals surface area contributed by atoms with Gasteiger partial charge in [-0.2, -0.15) is 0 Å². The predicted molar refractivity (Wildman–Crippen MR) is 125 cm³/mol. The summed E-state index contributed by atoms with van der Waals surface area (Å²) in [4.78, 5) is 4.87. The van der Waals surface area contributed by atoms with Crippen LogP contribution in [0, 0.1) is 20.8 Å². The van der Waals surface area contributed by atoms with Crippen LogP contribution in [0.3, 0.4) is 0 Å². The van der Waals surface area contributed by atoms with Gasteiger partial charge < -0.3 is 9.80 Å². The standard InChI is InChI=1S/C26H44N2/c1-5-6-7-8-9-10-11-12-13-14-15-16-17-27-18-19-28(22-27)26-24(3)20-23(2)21-25(26)4/h18-21H,5-17,22H2,1-4H3. The largest absolute Gasteiger partial charge is 0.358 e. The number of unbranched alkanes of at least 4 members (excludes halogenated alkanes) is 11. The Morgan fingerprint density at radius 1 is 0.679 bits per heavy atom. The first-order valence-corrected chi connectivity index (χ1v) is 11.9. The van der Waals surface area contributed by atoms with Crippen LogP contribution in [0.2, 0.25) is 0 Å². The smallest absolute Gasteiger partial charge is 0.0942 e. The fourth-order valence-electron chi connectivity index (χ4n) is 4.54. The molecule has 2 heteroatoms. The van der Waals surface area contributed by atoms with E-state index in [0.29, 0.717) is 0 Å². The Morgan fingerprint density at radius 2 is 1.18 bits per heavy atom. The van der Waals surface area contributed by atoms with Crippen molar-refractivity contribution in [1.82, 2.24) is 4.90 Å². The summed E-state index contributed by atoms with van der Waals surface area (Å²) in [7, 11) is 0. The maximum Gasteiger partial charge on any atom is 0.0942 e. The van der Waals surface area contributed by atoms with E-state index in [1.807, 2.05) is 0 Å². The summed E-state index contributed by atoms with van der Waals surface area (Å²) in [5.74, 6) is 0. The lowest BCUT2D eigenvalue weighted by atomic mass is 10.0. The first-order chi connectivity index (χ1) is 13.6. The van der Waals surface area contributed by atoms with E-state index in [-0.39, 0.29) is 0 Å². The highest BCUT2D eigenvalue weighted by molar-refractivity contribution is 5.62. The van der Waals surface area contributed by atoms with E-state index < -0.39 is 0 Å². The van der Waals surface area contributed by atoms with Gasteiger partial charge in [0, 0.05) is 24.6 Å². The van der Waals surface area contributed by atoms with Gasteiger partial charge >= 0.3 is 0 Å². The average Bonchev–Trinajstić information content (AvgIpc) is 3.10. The second kappa shape index (κ2) is 12.9. The van der Waals surface area contributed by atoms with Gasteiger partial charge in [0.15, 0.2) is 0 Å². The van der Waals surface area contributed by atoms with Gasteiger partial charge in [0.1, 0.15) is 0 Å². The summed E-state index contributed by atoms with van der Waals surface area (Å²) in [5.41, 5.74) is 5.51. The Labute approximate surface area is 175 Å². The summed E-state index contributed by atoms with van der Waals surface area (Å²) < 4.78 is 0. The molecule has 0 fully saturated rings. The fourth-order valence-corrected chi connectivity index (χ4v) is 4.54. The normalized spacial score (nSPS) is 13.7. The zero-order valence-corrected chi connectivity index (χ0v) is 19.1. The first-order valence-electron chi connectivity index (χ1n) is 11.9. The van der Waals surface area contributed by atoms with Crippen molar-refractivity contribution >= 4 is 5.69 Å². The Balaban J connectivity index is 1.51. The molecule has 2 rings (SSSR count). The van der Waals surface area contributed by atoms with Gasteiger partial charge in [-0.25, -0.2) is 0 Å². The molecule has 1 aromatic carbocycles. The topological polar surface area (TPSA) is 6.48 Å². The quantitative estimate of drug-likeness (QED) is 0.301. The molecule has 0 atom stereocenters. The third kappa shape index (κ3) is 7.89. The van der Waals surface area contributed by atoms with Crippen molar-refractivity contribution in [2.75, 3.05) is 18.1 Å². The van der Waals surface area contributed by atoms with Gasteiger partial charge in [-0.05, 0) is 38.3 Å². The molecular formula is C26H44N2. The number of hydrogen-bond donors (Lipinski definition) is 0. The number of hydrogen-bond acceptors (Lipinski definition) is 2. The Morgan fingerprint density at radius 3 is 1.71 bits per heavy atom. The molecule has 0 unspecified atom stereocenters. The van der Waals surface area contributed by atoms with Gasteiger partial charge in [-0.1, -0.05) is 95.2 Å². The van der Waals surface area contributed by atoms with Crippen LogP contribution in [0.1, 0.15) is 101 Å². The van der Waals surface area contributed by atoms with E-state index in [4.69, 9.17) is 0 Å². The molecule has 1 aliphatic rings. The highest BCUT2D eigenvalue weighted by atomic mass is 15.3. The Bertz CT molecular complexity index is 567. The van der Waals surface area contributed by atoms with Crippen LogP contribution in [0.5, 0.6) is 0 Å². The van der Waals surface area contributed by atoms with Gasteiger partial charge in [0.05, 0.1) is 6.67 Å². The van der Waals surface area contributed by atoms with E-state index in [9.17, 15) is 0 Å². The van der Waals surface area contributed by atoms with E-state index in [1.165, 1.54) is 106 Å². The predicted octanol–water partition coefficient (Wildman–Crippen LogP) is 7.86. The number of aryl methyl sites for hydroxylation is 3. The van der Waals surface area contributed by atoms with Crippen molar-refractivity contribution in [1.29, 1.82) is 0 Å². The second-order valence-electron chi connectivity index (χ2n) is 8.86. The third-order valence-corrected chi connectivity index (χ3v) is 6.01. The highest BCUT2D eigenvalue weighted by Crippen LogP contribution is 2.28. The van der Waals surface area contributed by atoms with Crippen molar-refractivity contribution in [2.24, 2.45) is 0 Å². The average molecular weight is 385 g/mol. The Hall–Kier alpha value is -1.44. The van der Waals surface area contributed by atoms with Crippen molar-refractivity contribution in [2.45, 2.75) is 105 Å². The SMILES string of the molecule is CCCCCCCCCCCCCCN1C=CN(c2c(C)cc(C)cc2C)C1. The molecule has 28 heavy (non-hydrogen) atoms. The summed E-state index contributed by atoms with van der Waals surface area (Å²) in [6.45, 7) is 11.1. The molecule has 0 saturated carbocycles. The second-order valence-corrected chi connectivity index (χ2v) is 8.86. The minimum Gasteiger partial charge on any atom is -0.358 e. The van der Waals surface area contributed by atoms with Crippen LogP contribution in [-0.2, 0) is 0 Å². The van der Waals surface area contributed by atoms with E-state index in [0.717, 1.165) is 6.67 Å². The molecule has 1 aromatic rings. The van der Waals surface area contributed by atoms with Crippen LogP contribution < -0.4 is 4.90 Å². The van der Waals surface area contributed by atoms with Crippen LogP contribution in [0.15, 0.2) is 24.5 Å². The van der Waals surface area contributed by atoms with Gasteiger partial charge in [-0.3, -0.25) is 0 Å². The third-order valence-electron chi connectivity index (χ3n) is 6.01. The number of anilines is 1. The molecule has 0 bridgehead atoms. The van der Waals surface area contributed by atoms with Gasteiger partial charge in [0.25, 0.3) is 0 Å². The maximum absolute atomic E-state index is 2.47. The van der Waals surface area contributed by atoms with Gasteiger partial charge in [-0.15, -0.1) is 0 Å². The molecule has 1 heterocycles. The molecule has 1 aliphatic heterocycles. The lowest BCUT2D eigenvalue weighted by molar-refractivity contribution is 0.387. The highest BCUT2D eigenvalue weighted by Gasteiger charge is 2.17. The van der Waals surface area contributed by atoms with Gasteiger partial charge in [0.2, 0.25) is 0 Å². The minimum absolute atomic E-state index is 1.00. The van der Waals surface area contributed by atoms with E-state index in [2.05, 4.69) is 62.0 Å². The molecule has 0 N–H and O–H groups in total. The minimum atomic E-state index is 1.00. The first kappa shape index (κ1) is 22.8. The summed E-state index contributed by atoms with van der Waals surface area (Å²) in [6.07, 6.45) is 21.6. The van der Waals surface area contributed by atoms with Crippen molar-refractivity contribution in [3.05, 3.63) is 41.2 Å². The zero-order valence-electron chi connectivity index (χ0n) is 19.1. The van der Waals surface area contributed by atoms with Crippen LogP contribution >= 0.6 is 0 Å². The van der Waals surface area contributed by atoms with Crippen molar-refractivity contribution in [3.8, 4) is 0 Å². The molecule has 0 saturated heterocycles. The lowest BCUT2D eigenvalue weighted by Gasteiger charge is -2.24. The van der Waals surface area contributed by atoms with Crippen LogP contribution in [-0.4, -0.2) is 18.1 Å². The van der Waals surface area contributed by atoms with Crippen molar-refractivity contribution < 1.29 is 0 Å². The molecule has 0 aromatic heterocycles. The molecule has 0 amide bonds. The summed E-state index contributed by atoms with van der Waals surface area (Å²) >= 11 is 0. The molecular weight excluding hydrogens is 340 g/mol. The number of rotatable bonds is 14. The zero-order chi connectivity index (χ0) is 20.2. The van der Waals surface area contributed by atoms with Crippen molar-refractivity contribution in [3.63, 3.8) is 0 Å². The molecule has 0 radical (unpaired) electrons. The molecule has 158 valence electrons. The van der Waals surface area contributed by atoms with E-state index >= 15 is 0 Å². The summed E-state index contributed by atoms with van der Waals surface area (Å²) in [6, 6.07) is 4.59. The molecule has 0 aliphatic carbocycles. The monoisotopic (exact) mass is 384 g/mol.